The highest BCUT2D eigenvalue weighted by Crippen LogP contribution is 2.44. The first-order valence-corrected chi connectivity index (χ1v) is 5.04. The molecule has 2 aliphatic rings. The number of thioether (sulfide) groups is 1. The Morgan fingerprint density at radius 3 is 2.30 bits per heavy atom. The summed E-state index contributed by atoms with van der Waals surface area (Å²) >= 11 is 1.98. The molecule has 1 aliphatic heterocycles. The van der Waals surface area contributed by atoms with E-state index in [1.807, 2.05) is 11.8 Å². The molecule has 0 aromatic carbocycles. The molecule has 2 heteroatoms. The largest absolute Gasteiger partial charge is 0.198 e. The lowest BCUT2D eigenvalue weighted by Gasteiger charge is -2.28. The van der Waals surface area contributed by atoms with E-state index < -0.39 is 0 Å². The van der Waals surface area contributed by atoms with Crippen LogP contribution in [0.3, 0.4) is 0 Å². The number of hydrogen-bond acceptors (Lipinski definition) is 2. The van der Waals surface area contributed by atoms with Crippen LogP contribution in [0.25, 0.3) is 0 Å². The van der Waals surface area contributed by atoms with Gasteiger partial charge in [0, 0.05) is 0 Å². The molecule has 0 N–H and O–H groups in total. The SMILES string of the molecule is N#CC(C1CC1)C1CSC1. The fraction of sp³-hybridized carbons (Fsp3) is 0.875. The zero-order chi connectivity index (χ0) is 6.97. The number of hydrogen-bond donors (Lipinski definition) is 0. The third-order valence-electron chi connectivity index (χ3n) is 2.45. The van der Waals surface area contributed by atoms with Crippen LogP contribution in [-0.4, -0.2) is 11.5 Å². The summed E-state index contributed by atoms with van der Waals surface area (Å²) in [4.78, 5) is 0. The fourth-order valence-corrected chi connectivity index (χ4v) is 2.43. The smallest absolute Gasteiger partial charge is 0.0662 e. The topological polar surface area (TPSA) is 23.8 Å². The fourth-order valence-electron chi connectivity index (χ4n) is 1.51. The van der Waals surface area contributed by atoms with Crippen molar-refractivity contribution >= 4 is 11.8 Å². The third-order valence-corrected chi connectivity index (χ3v) is 3.78. The number of nitriles is 1. The highest BCUT2D eigenvalue weighted by Gasteiger charge is 2.39. The predicted octanol–water partition coefficient (Wildman–Crippen LogP) is 1.90. The molecule has 2 rings (SSSR count). The molecule has 1 atom stereocenters. The average Bonchev–Trinajstić information content (AvgIpc) is 2.58. The Kier molecular flexibility index (Phi) is 1.61. The van der Waals surface area contributed by atoms with Crippen LogP contribution in [0.5, 0.6) is 0 Å². The molecule has 0 aromatic rings. The van der Waals surface area contributed by atoms with Gasteiger partial charge in [0.2, 0.25) is 0 Å². The molecule has 0 bridgehead atoms. The third kappa shape index (κ3) is 1.03. The summed E-state index contributed by atoms with van der Waals surface area (Å²) < 4.78 is 0. The molecule has 1 aliphatic carbocycles. The van der Waals surface area contributed by atoms with Crippen LogP contribution in [0.2, 0.25) is 0 Å². The zero-order valence-electron chi connectivity index (χ0n) is 5.92. The van der Waals surface area contributed by atoms with Gasteiger partial charge in [0.25, 0.3) is 0 Å². The Hall–Kier alpha value is -0.160. The Balaban J connectivity index is 1.91. The van der Waals surface area contributed by atoms with Crippen LogP contribution >= 0.6 is 11.8 Å². The van der Waals surface area contributed by atoms with E-state index in [-0.39, 0.29) is 0 Å². The van der Waals surface area contributed by atoms with Gasteiger partial charge in [0.05, 0.1) is 12.0 Å². The van der Waals surface area contributed by atoms with E-state index in [1.54, 1.807) is 0 Å². The minimum atomic E-state index is 0.418. The maximum atomic E-state index is 8.81. The Bertz CT molecular complexity index is 165. The van der Waals surface area contributed by atoms with Gasteiger partial charge in [0.15, 0.2) is 0 Å². The Morgan fingerprint density at radius 1 is 1.30 bits per heavy atom. The van der Waals surface area contributed by atoms with Crippen molar-refractivity contribution in [3.8, 4) is 6.07 Å². The quantitative estimate of drug-likeness (QED) is 0.605. The predicted molar refractivity (Wildman–Crippen MR) is 42.6 cm³/mol. The van der Waals surface area contributed by atoms with Gasteiger partial charge in [0.1, 0.15) is 0 Å². The highest BCUT2D eigenvalue weighted by molar-refractivity contribution is 8.00. The van der Waals surface area contributed by atoms with Gasteiger partial charge >= 0.3 is 0 Å². The van der Waals surface area contributed by atoms with Crippen LogP contribution in [0.1, 0.15) is 12.8 Å². The zero-order valence-corrected chi connectivity index (χ0v) is 6.73. The Labute approximate surface area is 65.8 Å². The molecule has 2 fully saturated rings. The van der Waals surface area contributed by atoms with Crippen molar-refractivity contribution in [3.05, 3.63) is 0 Å². The Morgan fingerprint density at radius 2 is 2.00 bits per heavy atom. The van der Waals surface area contributed by atoms with Crippen molar-refractivity contribution in [2.75, 3.05) is 11.5 Å². The van der Waals surface area contributed by atoms with Crippen LogP contribution < -0.4 is 0 Å². The molecular formula is C8H11NS. The molecule has 0 spiro atoms. The van der Waals surface area contributed by atoms with E-state index in [9.17, 15) is 0 Å². The minimum absolute atomic E-state index is 0.418. The van der Waals surface area contributed by atoms with Gasteiger partial charge in [-0.15, -0.1) is 0 Å². The lowest BCUT2D eigenvalue weighted by Crippen LogP contribution is -2.27. The van der Waals surface area contributed by atoms with Crippen LogP contribution in [-0.2, 0) is 0 Å². The second kappa shape index (κ2) is 2.47. The van der Waals surface area contributed by atoms with Crippen molar-refractivity contribution in [3.63, 3.8) is 0 Å². The molecular weight excluding hydrogens is 142 g/mol. The highest BCUT2D eigenvalue weighted by atomic mass is 32.2. The monoisotopic (exact) mass is 153 g/mol. The van der Waals surface area contributed by atoms with E-state index in [1.165, 1.54) is 24.3 Å². The van der Waals surface area contributed by atoms with Crippen molar-refractivity contribution in [1.82, 2.24) is 0 Å². The van der Waals surface area contributed by atoms with Crippen molar-refractivity contribution < 1.29 is 0 Å². The average molecular weight is 153 g/mol. The normalized spacial score (nSPS) is 28.7. The molecule has 10 heavy (non-hydrogen) atoms. The van der Waals surface area contributed by atoms with E-state index in [4.69, 9.17) is 5.26 Å². The molecule has 1 nitrogen and oxygen atoms in total. The first-order valence-electron chi connectivity index (χ1n) is 3.89. The molecule has 1 saturated heterocycles. The maximum Gasteiger partial charge on any atom is 0.0662 e. The van der Waals surface area contributed by atoms with Gasteiger partial charge in [-0.2, -0.15) is 17.0 Å². The summed E-state index contributed by atoms with van der Waals surface area (Å²) in [6, 6.07) is 2.45. The summed E-state index contributed by atoms with van der Waals surface area (Å²) in [7, 11) is 0. The van der Waals surface area contributed by atoms with Gasteiger partial charge < -0.3 is 0 Å². The second-order valence-corrected chi connectivity index (χ2v) is 4.36. The summed E-state index contributed by atoms with van der Waals surface area (Å²) in [5.74, 6) is 4.45. The summed E-state index contributed by atoms with van der Waals surface area (Å²) in [6.45, 7) is 0. The van der Waals surface area contributed by atoms with Gasteiger partial charge in [-0.05, 0) is 36.2 Å². The molecule has 0 aromatic heterocycles. The summed E-state index contributed by atoms with van der Waals surface area (Å²) in [5, 5.41) is 8.81. The molecule has 1 saturated carbocycles. The molecule has 54 valence electrons. The van der Waals surface area contributed by atoms with E-state index in [2.05, 4.69) is 6.07 Å². The van der Waals surface area contributed by atoms with E-state index in [0.717, 1.165) is 11.8 Å². The molecule has 0 radical (unpaired) electrons. The van der Waals surface area contributed by atoms with Crippen molar-refractivity contribution in [1.29, 1.82) is 5.26 Å². The van der Waals surface area contributed by atoms with Crippen molar-refractivity contribution in [2.45, 2.75) is 12.8 Å². The van der Waals surface area contributed by atoms with Gasteiger partial charge in [-0.1, -0.05) is 0 Å². The first kappa shape index (κ1) is 6.54. The molecule has 1 unspecified atom stereocenters. The summed E-state index contributed by atoms with van der Waals surface area (Å²) in [6.07, 6.45) is 2.64. The number of nitrogens with zero attached hydrogens (tertiary/aromatic N) is 1. The maximum absolute atomic E-state index is 8.81. The van der Waals surface area contributed by atoms with Crippen LogP contribution in [0.4, 0.5) is 0 Å². The van der Waals surface area contributed by atoms with Gasteiger partial charge in [-0.3, -0.25) is 0 Å². The van der Waals surface area contributed by atoms with E-state index in [0.29, 0.717) is 5.92 Å². The van der Waals surface area contributed by atoms with Crippen LogP contribution in [0.15, 0.2) is 0 Å². The summed E-state index contributed by atoms with van der Waals surface area (Å²) in [5.41, 5.74) is 0. The standard InChI is InChI=1S/C8H11NS/c9-3-8(6-1-2-6)7-4-10-5-7/h6-8H,1-2,4-5H2. The van der Waals surface area contributed by atoms with Crippen molar-refractivity contribution in [2.24, 2.45) is 17.8 Å². The molecule has 1 heterocycles. The van der Waals surface area contributed by atoms with Crippen LogP contribution in [0, 0.1) is 29.1 Å². The molecule has 0 amide bonds. The lowest BCUT2D eigenvalue weighted by molar-refractivity contribution is 0.423. The lowest BCUT2D eigenvalue weighted by atomic mass is 9.92. The van der Waals surface area contributed by atoms with E-state index >= 15 is 0 Å². The second-order valence-electron chi connectivity index (χ2n) is 3.29. The minimum Gasteiger partial charge on any atom is -0.198 e. The number of rotatable bonds is 2. The first-order chi connectivity index (χ1) is 4.92. The van der Waals surface area contributed by atoms with Gasteiger partial charge in [-0.25, -0.2) is 0 Å².